The zero-order chi connectivity index (χ0) is 80.3. The second-order valence-corrected chi connectivity index (χ2v) is 50.2. The Morgan fingerprint density at radius 3 is 0.816 bits per heavy atom. The maximum Gasteiger partial charge on any atom is 0.421 e. The molecule has 103 heavy (non-hydrogen) atoms. The van der Waals surface area contributed by atoms with E-state index < -0.39 is 79.3 Å². The third kappa shape index (κ3) is 27.8. The van der Waals surface area contributed by atoms with E-state index in [0.29, 0.717) is 40.0 Å². The Kier molecular flexibility index (Phi) is 42.3. The molecular formula is C69H96ClF12I5O12Si4. The Bertz CT molecular complexity index is 3560. The van der Waals surface area contributed by atoms with E-state index in [1.807, 2.05) is 116 Å². The van der Waals surface area contributed by atoms with Crippen LogP contribution in [0.4, 0.5) is 52.7 Å². The van der Waals surface area contributed by atoms with Gasteiger partial charge in [0.2, 0.25) is 0 Å². The Hall–Kier alpha value is -3.11. The predicted octanol–water partition coefficient (Wildman–Crippen LogP) is 22.3. The average Bonchev–Trinajstić information content (AvgIpc) is 0.733. The fourth-order valence-electron chi connectivity index (χ4n) is 10.1. The lowest BCUT2D eigenvalue weighted by Crippen LogP contribution is -2.49. The van der Waals surface area contributed by atoms with E-state index in [9.17, 15) is 52.7 Å². The molecule has 586 valence electrons. The molecule has 0 aliphatic rings. The predicted molar refractivity (Wildman–Crippen MR) is 446 cm³/mol. The van der Waals surface area contributed by atoms with Crippen LogP contribution in [-0.4, -0.2) is 118 Å². The normalized spacial score (nSPS) is 11.5. The summed E-state index contributed by atoms with van der Waals surface area (Å²) in [4.78, 5) is 0. The SMILES string of the molecule is C.COc1c(C(F)(F)F)c([Si](C)(C)C)c(OC)c(C)c1[Si](C)(C)C.COc1c(C)c(I)c(OC)c(C(F)(F)F)c1I.COc1c(C)c(I)c(OC)c(C(F)(F)F)c1I.COc1cc(C(F)(F)F)c(OC)cc1C.COc1cc([Si](C)(C)C)c(OC)cc1[Si](C)(C)C.COc1ccc(OC)cc1.ClI. The van der Waals surface area contributed by atoms with Gasteiger partial charge < -0.3 is 56.8 Å². The van der Waals surface area contributed by atoms with Crippen molar-refractivity contribution >= 4 is 174 Å². The van der Waals surface area contributed by atoms with Crippen molar-refractivity contribution in [3.63, 3.8) is 0 Å². The summed E-state index contributed by atoms with van der Waals surface area (Å²) < 4.78 is 219. The van der Waals surface area contributed by atoms with Gasteiger partial charge >= 0.3 is 24.7 Å². The minimum atomic E-state index is -4.48. The molecule has 0 aromatic heterocycles. The molecule has 0 saturated carbocycles. The molecule has 0 N–H and O–H groups in total. The maximum absolute atomic E-state index is 13.9. The number of alkyl halides is 12. The number of aryl methyl sites for hydroxylation is 1. The number of hydrogen-bond acceptors (Lipinski definition) is 12. The maximum atomic E-state index is 13.9. The summed E-state index contributed by atoms with van der Waals surface area (Å²) in [5.74, 6) is 4.32. The summed E-state index contributed by atoms with van der Waals surface area (Å²) in [6.07, 6.45) is -17.9. The molecule has 0 spiro atoms. The zero-order valence-corrected chi connectivity index (χ0v) is 77.9. The number of benzene rings is 6. The summed E-state index contributed by atoms with van der Waals surface area (Å²) in [6.45, 7) is 32.6. The van der Waals surface area contributed by atoms with E-state index in [1.165, 1.54) is 73.3 Å². The summed E-state index contributed by atoms with van der Waals surface area (Å²) in [5.41, 5.74) is -0.368. The topological polar surface area (TPSA) is 111 Å². The van der Waals surface area contributed by atoms with Crippen molar-refractivity contribution in [1.29, 1.82) is 0 Å². The van der Waals surface area contributed by atoms with Crippen LogP contribution < -0.4 is 77.6 Å². The Balaban J connectivity index is 0. The second kappa shape index (κ2) is 42.7. The van der Waals surface area contributed by atoms with Crippen LogP contribution in [0.15, 0.2) is 48.5 Å². The van der Waals surface area contributed by atoms with Gasteiger partial charge in [-0.3, -0.25) is 0 Å². The van der Waals surface area contributed by atoms with Gasteiger partial charge in [-0.1, -0.05) is 86.0 Å². The molecule has 0 atom stereocenters. The minimum Gasteiger partial charge on any atom is -0.497 e. The first-order chi connectivity index (χ1) is 46.5. The van der Waals surface area contributed by atoms with Crippen molar-refractivity contribution in [3.8, 4) is 69.0 Å². The van der Waals surface area contributed by atoms with Gasteiger partial charge in [0, 0.05) is 32.6 Å². The zero-order valence-electron chi connectivity index (χ0n) is 62.3. The van der Waals surface area contributed by atoms with Crippen LogP contribution in [0.3, 0.4) is 0 Å². The van der Waals surface area contributed by atoms with Crippen LogP contribution in [0.25, 0.3) is 0 Å². The number of ether oxygens (including phenoxy) is 12. The Morgan fingerprint density at radius 1 is 0.301 bits per heavy atom. The molecule has 0 amide bonds. The highest BCUT2D eigenvalue weighted by atomic mass is 127. The number of hydrogen-bond donors (Lipinski definition) is 0. The quantitative estimate of drug-likeness (QED) is 0.0523. The smallest absolute Gasteiger partial charge is 0.421 e. The van der Waals surface area contributed by atoms with Gasteiger partial charge in [-0.25, -0.2) is 0 Å². The van der Waals surface area contributed by atoms with Crippen molar-refractivity contribution < 1.29 is 110 Å². The molecule has 0 radical (unpaired) electrons. The van der Waals surface area contributed by atoms with E-state index in [2.05, 4.69) is 65.1 Å². The van der Waals surface area contributed by atoms with Gasteiger partial charge in [0.15, 0.2) is 0 Å². The number of methoxy groups -OCH3 is 12. The highest BCUT2D eigenvalue weighted by molar-refractivity contribution is 14.1. The molecule has 0 heterocycles. The molecular weight excluding hydrogens is 2030 g/mol. The van der Waals surface area contributed by atoms with Gasteiger partial charge in [-0.05, 0) is 207 Å². The molecule has 0 aliphatic carbocycles. The fraction of sp³-hybridized carbons (Fsp3) is 0.478. The third-order valence-electron chi connectivity index (χ3n) is 14.7. The summed E-state index contributed by atoms with van der Waals surface area (Å²) in [6, 6.07) is 14.1. The Labute approximate surface area is 676 Å². The van der Waals surface area contributed by atoms with E-state index in [1.54, 1.807) is 116 Å². The molecule has 0 saturated heterocycles. The first-order valence-electron chi connectivity index (χ1n) is 30.1. The van der Waals surface area contributed by atoms with Crippen molar-refractivity contribution in [2.24, 2.45) is 0 Å². The largest absolute Gasteiger partial charge is 0.497 e. The van der Waals surface area contributed by atoms with Crippen LogP contribution in [0.5, 0.6) is 69.0 Å². The monoisotopic (exact) mass is 2130 g/mol. The van der Waals surface area contributed by atoms with Crippen LogP contribution in [0.1, 0.15) is 51.9 Å². The van der Waals surface area contributed by atoms with E-state index in [0.717, 1.165) is 34.6 Å². The lowest BCUT2D eigenvalue weighted by molar-refractivity contribution is -0.140. The molecule has 0 aliphatic heterocycles. The van der Waals surface area contributed by atoms with E-state index in [4.69, 9.17) is 52.1 Å². The number of rotatable bonds is 16. The molecule has 34 heteroatoms. The summed E-state index contributed by atoms with van der Waals surface area (Å²) >= 11 is 8.54. The molecule has 6 aromatic rings. The second-order valence-electron chi connectivity index (χ2n) is 25.9. The summed E-state index contributed by atoms with van der Waals surface area (Å²) in [5, 5.41) is 3.66. The Morgan fingerprint density at radius 2 is 0.592 bits per heavy atom. The van der Waals surface area contributed by atoms with Crippen molar-refractivity contribution in [2.45, 2.75) is 138 Å². The molecule has 0 unspecified atom stereocenters. The van der Waals surface area contributed by atoms with Crippen molar-refractivity contribution in [1.82, 2.24) is 0 Å². The first-order valence-corrected chi connectivity index (χ1v) is 51.2. The lowest BCUT2D eigenvalue weighted by atomic mass is 10.1. The highest BCUT2D eigenvalue weighted by Crippen LogP contribution is 2.49. The summed E-state index contributed by atoms with van der Waals surface area (Å²) in [7, 11) is 14.7. The minimum absolute atomic E-state index is 0. The van der Waals surface area contributed by atoms with Crippen LogP contribution in [0.2, 0.25) is 78.6 Å². The highest BCUT2D eigenvalue weighted by Gasteiger charge is 2.47. The van der Waals surface area contributed by atoms with Crippen LogP contribution in [0, 0.1) is 42.0 Å². The first kappa shape index (κ1) is 102. The molecule has 6 rings (SSSR count). The van der Waals surface area contributed by atoms with Crippen LogP contribution in [-0.2, 0) is 24.7 Å². The van der Waals surface area contributed by atoms with E-state index in [-0.39, 0.29) is 54.8 Å². The van der Waals surface area contributed by atoms with E-state index >= 15 is 0 Å². The fourth-order valence-corrected chi connectivity index (χ4v) is 21.0. The van der Waals surface area contributed by atoms with Gasteiger partial charge in [-0.2, -0.15) is 52.7 Å². The molecule has 12 nitrogen and oxygen atoms in total. The van der Waals surface area contributed by atoms with Crippen LogP contribution >= 0.6 is 121 Å². The van der Waals surface area contributed by atoms with Gasteiger partial charge in [-0.15, -0.1) is 0 Å². The third-order valence-corrected chi connectivity index (χ3v) is 27.5. The lowest BCUT2D eigenvalue weighted by Gasteiger charge is -2.33. The average molecular weight is 2130 g/mol. The van der Waals surface area contributed by atoms with Gasteiger partial charge in [0.05, 0.1) is 132 Å². The van der Waals surface area contributed by atoms with Crippen molar-refractivity contribution in [3.05, 3.63) is 107 Å². The molecule has 0 fully saturated rings. The standard InChI is InChI=1S/C16H27F3O2Si2.C14H26O2Si2.2C10H9F3I2O2.C10H11F3O2.C8H10O2.CH4.ClI/c1-10-12(20-2)15(23(7,8)9)11(16(17,18)19)13(21-3)14(10)22(4,5)6;1-15-11-9-14(18(6,7)8)12(16-2)10-13(11)17(3,4)5;2*1-4-6(14)9(17-3)5(10(11,12)13)7(15)8(4)16-2;1-6-4-9(15-3)7(10(11,12)13)5-8(6)14-2;1-9-7-3-5-8(10-2)6-4-7;;1-2/h1-9H3;9-10H,1-8H3;2*1-3H3;4-5H,1-3H3;3-6H,1-2H3;1H4;. The number of halogens is 18. The molecule has 6 aromatic carbocycles. The van der Waals surface area contributed by atoms with Gasteiger partial charge in [0.25, 0.3) is 0 Å². The van der Waals surface area contributed by atoms with Crippen molar-refractivity contribution in [2.75, 3.05) is 85.3 Å². The van der Waals surface area contributed by atoms with Gasteiger partial charge in [0.1, 0.15) is 91.2 Å². The molecule has 0 bridgehead atoms.